The second-order valence-electron chi connectivity index (χ2n) is 4.17. The van der Waals surface area contributed by atoms with E-state index in [-0.39, 0.29) is 5.82 Å². The molecule has 0 saturated heterocycles. The van der Waals surface area contributed by atoms with Gasteiger partial charge in [-0.05, 0) is 65.4 Å². The topological polar surface area (TPSA) is 35.2 Å². The van der Waals surface area contributed by atoms with Gasteiger partial charge in [-0.25, -0.2) is 4.39 Å². The molecule has 0 heterocycles. The zero-order valence-electron chi connectivity index (χ0n) is 9.01. The van der Waals surface area contributed by atoms with E-state index >= 15 is 0 Å². The van der Waals surface area contributed by atoms with Crippen molar-refractivity contribution in [1.82, 2.24) is 0 Å². The molecule has 0 amide bonds. The Bertz CT molecular complexity index is 380. The Balaban J connectivity index is 2.16. The molecule has 0 aromatic heterocycles. The lowest BCUT2D eigenvalue weighted by Gasteiger charge is -2.13. The van der Waals surface area contributed by atoms with Crippen LogP contribution in [0.25, 0.3) is 0 Å². The van der Waals surface area contributed by atoms with E-state index in [1.54, 1.807) is 0 Å². The minimum Gasteiger partial charge on any atom is -0.492 e. The molecule has 1 aliphatic carbocycles. The van der Waals surface area contributed by atoms with Gasteiger partial charge in [0, 0.05) is 0 Å². The van der Waals surface area contributed by atoms with Crippen molar-refractivity contribution in [2.24, 2.45) is 11.7 Å². The molecule has 0 spiro atoms. The molecule has 4 heteroatoms. The van der Waals surface area contributed by atoms with Gasteiger partial charge in [0.15, 0.2) is 0 Å². The molecule has 88 valence electrons. The van der Waals surface area contributed by atoms with Crippen molar-refractivity contribution in [2.45, 2.75) is 19.3 Å². The largest absolute Gasteiger partial charge is 0.492 e. The highest BCUT2D eigenvalue weighted by molar-refractivity contribution is 9.10. The van der Waals surface area contributed by atoms with Gasteiger partial charge in [-0.15, -0.1) is 0 Å². The number of nitrogens with two attached hydrogens (primary N) is 1. The number of halogens is 2. The minimum absolute atomic E-state index is 0.255. The van der Waals surface area contributed by atoms with Gasteiger partial charge in [-0.1, -0.05) is 0 Å². The highest BCUT2D eigenvalue weighted by atomic mass is 79.9. The van der Waals surface area contributed by atoms with Crippen LogP contribution in [-0.2, 0) is 6.42 Å². The lowest BCUT2D eigenvalue weighted by atomic mass is 10.1. The Morgan fingerprint density at radius 1 is 1.44 bits per heavy atom. The van der Waals surface area contributed by atoms with E-state index in [0.717, 1.165) is 17.9 Å². The van der Waals surface area contributed by atoms with Crippen molar-refractivity contribution in [3.63, 3.8) is 0 Å². The second kappa shape index (κ2) is 5.15. The van der Waals surface area contributed by atoms with E-state index in [0.29, 0.717) is 23.4 Å². The third-order valence-electron chi connectivity index (χ3n) is 2.66. The maximum absolute atomic E-state index is 13.2. The Kier molecular flexibility index (Phi) is 3.82. The summed E-state index contributed by atoms with van der Waals surface area (Å²) in [4.78, 5) is 0. The summed E-state index contributed by atoms with van der Waals surface area (Å²) in [5.41, 5.74) is 6.35. The van der Waals surface area contributed by atoms with E-state index in [1.807, 2.05) is 0 Å². The van der Waals surface area contributed by atoms with Crippen LogP contribution in [-0.4, -0.2) is 13.2 Å². The summed E-state index contributed by atoms with van der Waals surface area (Å²) in [5, 5.41) is 0. The molecular formula is C12H15BrFNO. The van der Waals surface area contributed by atoms with E-state index in [2.05, 4.69) is 15.9 Å². The smallest absolute Gasteiger partial charge is 0.136 e. The molecular weight excluding hydrogens is 273 g/mol. The lowest BCUT2D eigenvalue weighted by Crippen LogP contribution is -2.08. The molecule has 1 aromatic carbocycles. The Labute approximate surface area is 103 Å². The third kappa shape index (κ3) is 2.95. The van der Waals surface area contributed by atoms with Crippen molar-refractivity contribution < 1.29 is 9.13 Å². The molecule has 0 unspecified atom stereocenters. The SMILES string of the molecule is NCCc1cc(F)cc(Br)c1OCC1CC1. The molecule has 0 bridgehead atoms. The quantitative estimate of drug-likeness (QED) is 0.904. The molecule has 2 rings (SSSR count). The molecule has 2 nitrogen and oxygen atoms in total. The Hall–Kier alpha value is -0.610. The van der Waals surface area contributed by atoms with Crippen LogP contribution in [0.15, 0.2) is 16.6 Å². The van der Waals surface area contributed by atoms with Gasteiger partial charge in [0.05, 0.1) is 11.1 Å². The molecule has 1 aromatic rings. The van der Waals surface area contributed by atoms with Crippen molar-refractivity contribution in [1.29, 1.82) is 0 Å². The molecule has 16 heavy (non-hydrogen) atoms. The fraction of sp³-hybridized carbons (Fsp3) is 0.500. The van der Waals surface area contributed by atoms with Gasteiger partial charge in [-0.2, -0.15) is 0 Å². The van der Waals surface area contributed by atoms with Crippen LogP contribution >= 0.6 is 15.9 Å². The summed E-state index contributed by atoms with van der Waals surface area (Å²) in [7, 11) is 0. The molecule has 2 N–H and O–H groups in total. The van der Waals surface area contributed by atoms with E-state index < -0.39 is 0 Å². The molecule has 1 fully saturated rings. The molecule has 0 radical (unpaired) electrons. The van der Waals surface area contributed by atoms with Gasteiger partial charge in [-0.3, -0.25) is 0 Å². The number of ether oxygens (including phenoxy) is 1. The molecule has 0 atom stereocenters. The highest BCUT2D eigenvalue weighted by Crippen LogP contribution is 2.34. The van der Waals surface area contributed by atoms with Crippen LogP contribution in [0.2, 0.25) is 0 Å². The first-order valence-corrected chi connectivity index (χ1v) is 6.31. The summed E-state index contributed by atoms with van der Waals surface area (Å²) in [6.07, 6.45) is 3.12. The zero-order valence-corrected chi connectivity index (χ0v) is 10.6. The van der Waals surface area contributed by atoms with Crippen molar-refractivity contribution in [2.75, 3.05) is 13.2 Å². The first-order valence-electron chi connectivity index (χ1n) is 5.51. The maximum Gasteiger partial charge on any atom is 0.136 e. The number of hydrogen-bond acceptors (Lipinski definition) is 2. The normalized spacial score (nSPS) is 15.2. The summed E-state index contributed by atoms with van der Waals surface area (Å²) >= 11 is 3.33. The van der Waals surface area contributed by atoms with E-state index in [9.17, 15) is 4.39 Å². The number of benzene rings is 1. The van der Waals surface area contributed by atoms with Crippen molar-refractivity contribution in [3.05, 3.63) is 28.0 Å². The van der Waals surface area contributed by atoms with Crippen LogP contribution < -0.4 is 10.5 Å². The van der Waals surface area contributed by atoms with Crippen LogP contribution in [0.1, 0.15) is 18.4 Å². The standard InChI is InChI=1S/C12H15BrFNO/c13-11-6-10(14)5-9(3-4-15)12(11)16-7-8-1-2-8/h5-6,8H,1-4,7,15H2. The number of rotatable bonds is 5. The van der Waals surface area contributed by atoms with Gasteiger partial charge in [0.25, 0.3) is 0 Å². The van der Waals surface area contributed by atoms with Crippen LogP contribution in [0.5, 0.6) is 5.75 Å². The first-order chi connectivity index (χ1) is 7.70. The lowest BCUT2D eigenvalue weighted by molar-refractivity contribution is 0.294. The van der Waals surface area contributed by atoms with E-state index in [1.165, 1.54) is 25.0 Å². The van der Waals surface area contributed by atoms with E-state index in [4.69, 9.17) is 10.5 Å². The van der Waals surface area contributed by atoms with Crippen molar-refractivity contribution in [3.8, 4) is 5.75 Å². The number of hydrogen-bond donors (Lipinski definition) is 1. The third-order valence-corrected chi connectivity index (χ3v) is 3.25. The predicted molar refractivity (Wildman–Crippen MR) is 65.1 cm³/mol. The van der Waals surface area contributed by atoms with Crippen molar-refractivity contribution >= 4 is 15.9 Å². The second-order valence-corrected chi connectivity index (χ2v) is 5.02. The van der Waals surface area contributed by atoms with Gasteiger partial charge >= 0.3 is 0 Å². The van der Waals surface area contributed by atoms with Gasteiger partial charge in [0.2, 0.25) is 0 Å². The van der Waals surface area contributed by atoms with Gasteiger partial charge < -0.3 is 10.5 Å². The van der Waals surface area contributed by atoms with Crippen LogP contribution in [0.4, 0.5) is 4.39 Å². The molecule has 1 saturated carbocycles. The fourth-order valence-corrected chi connectivity index (χ4v) is 2.19. The predicted octanol–water partition coefficient (Wildman–Crippen LogP) is 2.88. The summed E-state index contributed by atoms with van der Waals surface area (Å²) in [6.45, 7) is 1.22. The summed E-state index contributed by atoms with van der Waals surface area (Å²) in [6, 6.07) is 2.93. The fourth-order valence-electron chi connectivity index (χ4n) is 1.60. The Morgan fingerprint density at radius 3 is 2.81 bits per heavy atom. The highest BCUT2D eigenvalue weighted by Gasteiger charge is 2.23. The zero-order chi connectivity index (χ0) is 11.5. The first kappa shape index (κ1) is 11.9. The van der Waals surface area contributed by atoms with Crippen LogP contribution in [0, 0.1) is 11.7 Å². The maximum atomic E-state index is 13.2. The van der Waals surface area contributed by atoms with Crippen LogP contribution in [0.3, 0.4) is 0 Å². The summed E-state index contributed by atoms with van der Waals surface area (Å²) in [5.74, 6) is 1.18. The minimum atomic E-state index is -0.255. The molecule has 1 aliphatic rings. The Morgan fingerprint density at radius 2 is 2.19 bits per heavy atom. The monoisotopic (exact) mass is 287 g/mol. The summed E-state index contributed by atoms with van der Waals surface area (Å²) < 4.78 is 19.6. The average Bonchev–Trinajstić information content (AvgIpc) is 3.00. The van der Waals surface area contributed by atoms with Gasteiger partial charge in [0.1, 0.15) is 11.6 Å². The molecule has 0 aliphatic heterocycles. The average molecular weight is 288 g/mol.